The highest BCUT2D eigenvalue weighted by Gasteiger charge is 2.49. The van der Waals surface area contributed by atoms with Crippen LogP contribution in [0.1, 0.15) is 258 Å². The average molecular weight is 1410 g/mol. The van der Waals surface area contributed by atoms with Gasteiger partial charge in [0.15, 0.2) is 21.4 Å². The second kappa shape index (κ2) is 40.5. The third-order valence-corrected chi connectivity index (χ3v) is 21.1. The van der Waals surface area contributed by atoms with Gasteiger partial charge in [-0.2, -0.15) is 0 Å². The van der Waals surface area contributed by atoms with Crippen molar-refractivity contribution in [2.75, 3.05) is 6.61 Å². The van der Waals surface area contributed by atoms with Gasteiger partial charge in [-0.25, -0.2) is 25.5 Å². The quantitative estimate of drug-likeness (QED) is 0.0239. The third kappa shape index (κ3) is 27.7. The molecule has 7 aliphatic carbocycles. The minimum atomic E-state index is -0.355. The second-order valence-electron chi connectivity index (χ2n) is 25.8. The van der Waals surface area contributed by atoms with Gasteiger partial charge in [0.2, 0.25) is 0 Å². The fourth-order valence-electron chi connectivity index (χ4n) is 12.0. The Morgan fingerprint density at radius 3 is 1.62 bits per heavy atom. The van der Waals surface area contributed by atoms with Crippen LogP contribution in [0.4, 0.5) is 0 Å². The van der Waals surface area contributed by atoms with Gasteiger partial charge in [0.1, 0.15) is 12.1 Å². The van der Waals surface area contributed by atoms with Crippen LogP contribution in [0, 0.1) is 47.2 Å². The molecule has 22 heteroatoms. The minimum absolute atomic E-state index is 0.000000000000000222. The van der Waals surface area contributed by atoms with E-state index in [2.05, 4.69) is 185 Å². The molecule has 3 unspecified atom stereocenters. The second-order valence-corrected chi connectivity index (χ2v) is 30.1. The topological polar surface area (TPSA) is 299 Å². The van der Waals surface area contributed by atoms with Gasteiger partial charge in [0.25, 0.3) is 11.1 Å². The van der Waals surface area contributed by atoms with Crippen LogP contribution in [0.25, 0.3) is 0 Å². The molecule has 89 heavy (non-hydrogen) atoms. The van der Waals surface area contributed by atoms with E-state index in [1.54, 1.807) is 24.4 Å². The van der Waals surface area contributed by atoms with Gasteiger partial charge < -0.3 is 26.2 Å². The molecular formula is C67H108Br2N8O10S2. The molecule has 4 saturated carbocycles. The van der Waals surface area contributed by atoms with E-state index in [1.165, 1.54) is 61.5 Å². The number of ketones is 3. The van der Waals surface area contributed by atoms with E-state index >= 15 is 0 Å². The number of alkyl halides is 2. The molecule has 10 rings (SSSR count). The van der Waals surface area contributed by atoms with Gasteiger partial charge in [-0.05, 0) is 222 Å². The highest BCUT2D eigenvalue weighted by Crippen LogP contribution is 2.47. The Bertz CT molecular complexity index is 3020. The maximum atomic E-state index is 11.9. The maximum Gasteiger partial charge on any atom is 0.302 e. The number of halogens is 2. The first-order valence-corrected chi connectivity index (χ1v) is 34.0. The number of carbonyl (C=O) groups is 4. The number of nitrogens with zero attached hydrogens (tertiary/aromatic N) is 3. The third-order valence-electron chi connectivity index (χ3n) is 17.9. The number of ether oxygens (including phenoxy) is 1. The van der Waals surface area contributed by atoms with Crippen molar-refractivity contribution in [1.82, 2.24) is 29.9 Å². The van der Waals surface area contributed by atoms with E-state index < -0.39 is 0 Å². The maximum absolute atomic E-state index is 11.9. The first-order valence-electron chi connectivity index (χ1n) is 31.5. The molecule has 0 spiro atoms. The van der Waals surface area contributed by atoms with Crippen molar-refractivity contribution in [2.45, 2.75) is 254 Å². The predicted molar refractivity (Wildman–Crippen MR) is 371 cm³/mol. The Hall–Kier alpha value is -4.45. The molecule has 18 nitrogen and oxygen atoms in total. The molecule has 0 aromatic carbocycles. The highest BCUT2D eigenvalue weighted by molar-refractivity contribution is 9.13. The molecule has 3 aromatic heterocycles. The molecule has 3 heterocycles. The molecule has 9 N–H and O–H groups in total. The molecule has 0 saturated heterocycles. The van der Waals surface area contributed by atoms with E-state index in [1.807, 2.05) is 20.8 Å². The molecule has 10 atom stereocenters. The number of aromatic amines is 3. The largest absolute Gasteiger partial charge is 0.466 e. The highest BCUT2D eigenvalue weighted by atomic mass is 79.9. The molecular weight excluding hydrogens is 1300 g/mol. The van der Waals surface area contributed by atoms with Crippen LogP contribution in [-0.4, -0.2) is 84.1 Å². The monoisotopic (exact) mass is 1410 g/mol. The Morgan fingerprint density at radius 1 is 0.697 bits per heavy atom. The molecule has 0 radical (unpaired) electrons. The number of allylic oxidation sites excluding steroid dienone is 4. The van der Waals surface area contributed by atoms with Crippen LogP contribution in [0.5, 0.6) is 0 Å². The van der Waals surface area contributed by atoms with Crippen molar-refractivity contribution in [3.8, 4) is 0 Å². The van der Waals surface area contributed by atoms with Crippen molar-refractivity contribution in [3.63, 3.8) is 0 Å². The zero-order chi connectivity index (χ0) is 68.3. The van der Waals surface area contributed by atoms with Crippen molar-refractivity contribution in [2.24, 2.45) is 47.0 Å². The zero-order valence-electron chi connectivity index (χ0n) is 56.6. The van der Waals surface area contributed by atoms with E-state index in [4.69, 9.17) is 22.7 Å². The van der Waals surface area contributed by atoms with Crippen molar-refractivity contribution in [3.05, 3.63) is 99.9 Å². The van der Waals surface area contributed by atoms with Gasteiger partial charge in [0.05, 0.1) is 23.0 Å². The summed E-state index contributed by atoms with van der Waals surface area (Å²) in [6.07, 6.45) is 20.0. The lowest BCUT2D eigenvalue weighted by atomic mass is 9.76. The standard InChI is InChI=1S/C10H16Br2O.C10H16O.C10H18.C9H12N2.C8H10N2OS.C8H10N2O.C7H12O.C4H8O2.CH4N2S.H2O3/c1-7-4-5-10(12,8(13)6-7)9(2,3)11;1-7(2)9-5-4-8(3)6-10(9)11;1-7(2)10-6-5-8(3)9(10)4;1-6-3-4-8-9(6)7(2)10-5-11-8;1-4-2-3-5-6(4)7(11)10-8(12)9-5;1-5-2-3-6-7(5)8(11)10-4-9-6;1-5-3-4-7(8)6(5)2;1-3-6-4(2)5;2-1(3)4;1-3-2/h7H,4-6H2,1-3H3;8H,4-6H2,1-3H3;8-9H,5-6H2,1-4H3;5-6H,3-4H2,1-2H3;4H,2-3H2,1H3,(H2,9,10,11,12);4-5H,2-3H2,1H3,(H,9,10,11);5-6H,3-4H2,1-2H3;3H2,1-2H3;(H4,2,3,4);1-2H/t7-,10?;8-;8-,9?;6-;4-;5-;5-,6?;;;/m1111111.../s1. The Labute approximate surface area is 557 Å². The van der Waals surface area contributed by atoms with Crippen molar-refractivity contribution < 1.29 is 39.5 Å². The normalized spacial score (nSPS) is 24.8. The van der Waals surface area contributed by atoms with E-state index in [0.717, 1.165) is 111 Å². The van der Waals surface area contributed by atoms with Crippen LogP contribution in [0.15, 0.2) is 44.5 Å². The average Bonchev–Trinajstić information content (AvgIpc) is 2.03. The number of aromatic nitrogens is 6. The Balaban J connectivity index is 0.000000504. The van der Waals surface area contributed by atoms with Crippen LogP contribution < -0.4 is 22.6 Å². The molecule has 0 bridgehead atoms. The van der Waals surface area contributed by atoms with Crippen LogP contribution in [0.2, 0.25) is 0 Å². The van der Waals surface area contributed by atoms with Gasteiger partial charge in [-0.15, -0.1) is 0 Å². The lowest BCUT2D eigenvalue weighted by molar-refractivity contribution is -0.465. The van der Waals surface area contributed by atoms with E-state index in [-0.39, 0.29) is 30.8 Å². The van der Waals surface area contributed by atoms with Crippen LogP contribution in [0.3, 0.4) is 0 Å². The molecule has 7 aliphatic rings. The van der Waals surface area contributed by atoms with Gasteiger partial charge in [-0.1, -0.05) is 116 Å². The summed E-state index contributed by atoms with van der Waals surface area (Å²) in [6, 6.07) is 0. The SMILES string of the molecule is CC(C)=C1CC[C@@H](C)C1C.CC(C)=C1CC[C@@H](C)CC1=O.CC1C(=O)CC[C@H]1C.CCOC(C)=O.C[C@@H]1CCC(Br)(C(C)(C)Br)C(=O)C1.C[C@@H]1CCc2[nH]c(=S)[nH]c(=O)c21.C[C@@H]1CCc2nc[nH]c(=O)c21.Cc1ncnc2c1[C@H](C)CC2.NC(N)=S.OOO. The Kier molecular flexibility index (Phi) is 37.6. The predicted octanol–water partition coefficient (Wildman–Crippen LogP) is 15.2. The van der Waals surface area contributed by atoms with Crippen LogP contribution in [-0.2, 0) is 48.2 Å². The smallest absolute Gasteiger partial charge is 0.302 e. The summed E-state index contributed by atoms with van der Waals surface area (Å²) < 4.78 is 4.33. The van der Waals surface area contributed by atoms with Crippen LogP contribution >= 0.6 is 56.3 Å². The summed E-state index contributed by atoms with van der Waals surface area (Å²) in [5.74, 6) is 6.31. The fraction of sp³-hybridized carbons (Fsp3) is 0.687. The Morgan fingerprint density at radius 2 is 1.21 bits per heavy atom. The fourth-order valence-corrected chi connectivity index (χ4v) is 13.0. The summed E-state index contributed by atoms with van der Waals surface area (Å²) >= 11 is 16.2. The summed E-state index contributed by atoms with van der Waals surface area (Å²) in [4.78, 5) is 87.3. The first kappa shape index (κ1) is 82.6. The zero-order valence-corrected chi connectivity index (χ0v) is 61.4. The van der Waals surface area contributed by atoms with E-state index in [9.17, 15) is 28.8 Å². The van der Waals surface area contributed by atoms with Crippen molar-refractivity contribution >= 4 is 84.7 Å². The molecule has 4 fully saturated rings. The summed E-state index contributed by atoms with van der Waals surface area (Å²) in [7, 11) is 0. The lowest BCUT2D eigenvalue weighted by Gasteiger charge is -2.41. The van der Waals surface area contributed by atoms with Gasteiger partial charge >= 0.3 is 5.97 Å². The number of esters is 1. The first-order chi connectivity index (χ1) is 41.4. The van der Waals surface area contributed by atoms with Crippen molar-refractivity contribution in [1.29, 1.82) is 0 Å². The number of carbonyl (C=O) groups excluding carboxylic acids is 4. The molecule has 0 aliphatic heterocycles. The number of nitrogens with one attached hydrogen (secondary N) is 3. The molecule has 502 valence electrons. The minimum Gasteiger partial charge on any atom is -0.466 e. The summed E-state index contributed by atoms with van der Waals surface area (Å²) in [5, 5.41) is 15.5. The molecule has 0 amide bonds. The van der Waals surface area contributed by atoms with Gasteiger partial charge in [-0.3, -0.25) is 33.8 Å². The van der Waals surface area contributed by atoms with E-state index in [0.29, 0.717) is 76.6 Å². The number of hydrogen-bond acceptors (Lipinski definition) is 15. The number of nitrogens with two attached hydrogens (primary N) is 2. The number of thiocarbonyl (C=S) groups is 1. The summed E-state index contributed by atoms with van der Waals surface area (Å²) in [5.41, 5.74) is 22.5. The molecule has 3 aromatic rings. The lowest BCUT2D eigenvalue weighted by Crippen LogP contribution is -2.50. The summed E-state index contributed by atoms with van der Waals surface area (Å²) in [6.45, 7) is 38.0. The number of rotatable bonds is 2. The number of Topliss-reactive ketones (excluding diaryl/α,β-unsaturated/α-hetero) is 3. The van der Waals surface area contributed by atoms with Gasteiger partial charge in [0, 0.05) is 64.6 Å². The number of aryl methyl sites for hydroxylation is 4. The number of H-pyrrole nitrogens is 3. The number of fused-ring (bicyclic) bond motifs is 3. The number of hydrogen-bond donors (Lipinski definition) is 7.